The van der Waals surface area contributed by atoms with Gasteiger partial charge in [0, 0.05) is 10.1 Å². The van der Waals surface area contributed by atoms with E-state index in [9.17, 15) is 4.79 Å². The Labute approximate surface area is 110 Å². The predicted octanol–water partition coefficient (Wildman–Crippen LogP) is 2.66. The zero-order valence-electron chi connectivity index (χ0n) is 10.4. The number of aliphatic carboxylic acids is 1. The van der Waals surface area contributed by atoms with Crippen molar-refractivity contribution in [3.63, 3.8) is 0 Å². The SMILES string of the molecule is CC(Sc1ccc2c(c1)OCCO2)C(C)C(=O)O. The summed E-state index contributed by atoms with van der Waals surface area (Å²) in [4.78, 5) is 11.9. The molecule has 18 heavy (non-hydrogen) atoms. The lowest BCUT2D eigenvalue weighted by molar-refractivity contribution is -0.140. The molecule has 0 fully saturated rings. The topological polar surface area (TPSA) is 55.8 Å². The maximum atomic E-state index is 10.9. The number of benzene rings is 1. The van der Waals surface area contributed by atoms with Gasteiger partial charge in [0.05, 0.1) is 5.92 Å². The van der Waals surface area contributed by atoms with Crippen molar-refractivity contribution >= 4 is 17.7 Å². The van der Waals surface area contributed by atoms with Crippen molar-refractivity contribution in [3.05, 3.63) is 18.2 Å². The normalized spacial score (nSPS) is 17.0. The molecule has 0 spiro atoms. The Bertz CT molecular complexity index is 447. The Morgan fingerprint density at radius 2 is 1.94 bits per heavy atom. The Morgan fingerprint density at radius 3 is 2.61 bits per heavy atom. The van der Waals surface area contributed by atoms with E-state index in [2.05, 4.69) is 0 Å². The van der Waals surface area contributed by atoms with E-state index in [1.807, 2.05) is 25.1 Å². The van der Waals surface area contributed by atoms with E-state index in [0.29, 0.717) is 13.2 Å². The molecule has 1 aromatic carbocycles. The second kappa shape index (κ2) is 5.52. The predicted molar refractivity (Wildman–Crippen MR) is 69.6 cm³/mol. The van der Waals surface area contributed by atoms with Crippen LogP contribution in [0.4, 0.5) is 0 Å². The number of carboxylic acids is 1. The molecule has 0 amide bonds. The fraction of sp³-hybridized carbons (Fsp3) is 0.462. The van der Waals surface area contributed by atoms with Crippen LogP contribution in [0, 0.1) is 5.92 Å². The summed E-state index contributed by atoms with van der Waals surface area (Å²) in [7, 11) is 0. The van der Waals surface area contributed by atoms with Gasteiger partial charge in [-0.2, -0.15) is 0 Å². The molecule has 0 aromatic heterocycles. The van der Waals surface area contributed by atoms with Crippen LogP contribution in [0.5, 0.6) is 11.5 Å². The highest BCUT2D eigenvalue weighted by Gasteiger charge is 2.21. The van der Waals surface area contributed by atoms with Crippen molar-refractivity contribution in [1.82, 2.24) is 0 Å². The first-order chi connectivity index (χ1) is 8.58. The first kappa shape index (κ1) is 13.1. The average molecular weight is 268 g/mol. The number of carbonyl (C=O) groups is 1. The number of thioether (sulfide) groups is 1. The Hall–Kier alpha value is -1.36. The van der Waals surface area contributed by atoms with Crippen LogP contribution < -0.4 is 9.47 Å². The second-order valence-electron chi connectivity index (χ2n) is 4.26. The van der Waals surface area contributed by atoms with E-state index < -0.39 is 5.97 Å². The van der Waals surface area contributed by atoms with Gasteiger partial charge in [-0.15, -0.1) is 11.8 Å². The second-order valence-corrected chi connectivity index (χ2v) is 5.71. The van der Waals surface area contributed by atoms with Gasteiger partial charge in [0.25, 0.3) is 0 Å². The van der Waals surface area contributed by atoms with Gasteiger partial charge in [-0.3, -0.25) is 4.79 Å². The lowest BCUT2D eigenvalue weighted by Gasteiger charge is -2.20. The molecule has 98 valence electrons. The van der Waals surface area contributed by atoms with E-state index in [0.717, 1.165) is 16.4 Å². The van der Waals surface area contributed by atoms with E-state index in [1.54, 1.807) is 6.92 Å². The molecule has 1 aromatic rings. The molecule has 0 bridgehead atoms. The Balaban J connectivity index is 2.08. The zero-order valence-corrected chi connectivity index (χ0v) is 11.2. The fourth-order valence-electron chi connectivity index (χ4n) is 1.61. The van der Waals surface area contributed by atoms with Gasteiger partial charge in [-0.25, -0.2) is 0 Å². The Kier molecular flexibility index (Phi) is 4.01. The summed E-state index contributed by atoms with van der Waals surface area (Å²) >= 11 is 1.54. The van der Waals surface area contributed by atoms with Gasteiger partial charge >= 0.3 is 5.97 Å². The van der Waals surface area contributed by atoms with Gasteiger partial charge in [-0.05, 0) is 18.2 Å². The van der Waals surface area contributed by atoms with Crippen LogP contribution in [0.15, 0.2) is 23.1 Å². The van der Waals surface area contributed by atoms with Gasteiger partial charge in [0.2, 0.25) is 0 Å². The Morgan fingerprint density at radius 1 is 1.28 bits per heavy atom. The van der Waals surface area contributed by atoms with Gasteiger partial charge < -0.3 is 14.6 Å². The van der Waals surface area contributed by atoms with E-state index in [-0.39, 0.29) is 11.2 Å². The number of hydrogen-bond donors (Lipinski definition) is 1. The molecule has 1 aliphatic rings. The summed E-state index contributed by atoms with van der Waals surface area (Å²) < 4.78 is 10.9. The van der Waals surface area contributed by atoms with Gasteiger partial charge in [0.15, 0.2) is 11.5 Å². The van der Waals surface area contributed by atoms with Crippen LogP contribution in [-0.4, -0.2) is 29.5 Å². The molecule has 1 aliphatic heterocycles. The van der Waals surface area contributed by atoms with Crippen molar-refractivity contribution in [1.29, 1.82) is 0 Å². The molecule has 0 saturated carbocycles. The first-order valence-corrected chi connectivity index (χ1v) is 6.75. The van der Waals surface area contributed by atoms with Crippen LogP contribution >= 0.6 is 11.8 Å². The molecule has 0 radical (unpaired) electrons. The summed E-state index contributed by atoms with van der Waals surface area (Å²) in [5.41, 5.74) is 0. The molecule has 1 N–H and O–H groups in total. The van der Waals surface area contributed by atoms with E-state index in [1.165, 1.54) is 11.8 Å². The molecular formula is C13H16O4S. The number of carboxylic acid groups (broad SMARTS) is 1. The molecule has 2 rings (SSSR count). The highest BCUT2D eigenvalue weighted by Crippen LogP contribution is 2.36. The summed E-state index contributed by atoms with van der Waals surface area (Å²) in [5, 5.41) is 8.97. The van der Waals surface area contributed by atoms with Gasteiger partial charge in [-0.1, -0.05) is 13.8 Å². The number of ether oxygens (including phenoxy) is 2. The molecule has 2 unspecified atom stereocenters. The van der Waals surface area contributed by atoms with Gasteiger partial charge in [0.1, 0.15) is 13.2 Å². The molecule has 0 saturated heterocycles. The van der Waals surface area contributed by atoms with Crippen LogP contribution in [0.25, 0.3) is 0 Å². The van der Waals surface area contributed by atoms with Crippen molar-refractivity contribution in [3.8, 4) is 11.5 Å². The van der Waals surface area contributed by atoms with Crippen molar-refractivity contribution in [2.24, 2.45) is 5.92 Å². The molecule has 1 heterocycles. The quantitative estimate of drug-likeness (QED) is 0.851. The minimum absolute atomic E-state index is 0.00468. The highest BCUT2D eigenvalue weighted by atomic mass is 32.2. The third-order valence-electron chi connectivity index (χ3n) is 2.93. The summed E-state index contributed by atoms with van der Waals surface area (Å²) in [6.07, 6.45) is 0. The zero-order chi connectivity index (χ0) is 13.1. The maximum absolute atomic E-state index is 10.9. The van der Waals surface area contributed by atoms with Crippen molar-refractivity contribution in [2.45, 2.75) is 24.0 Å². The molecular weight excluding hydrogens is 252 g/mol. The number of rotatable bonds is 4. The largest absolute Gasteiger partial charge is 0.486 e. The van der Waals surface area contributed by atoms with Crippen molar-refractivity contribution < 1.29 is 19.4 Å². The lowest BCUT2D eigenvalue weighted by Crippen LogP contribution is -2.20. The van der Waals surface area contributed by atoms with Crippen LogP contribution in [0.2, 0.25) is 0 Å². The molecule has 4 nitrogen and oxygen atoms in total. The average Bonchev–Trinajstić information content (AvgIpc) is 2.37. The van der Waals surface area contributed by atoms with Crippen LogP contribution in [-0.2, 0) is 4.79 Å². The molecule has 2 atom stereocenters. The minimum Gasteiger partial charge on any atom is -0.486 e. The highest BCUT2D eigenvalue weighted by molar-refractivity contribution is 8.00. The molecule has 5 heteroatoms. The maximum Gasteiger partial charge on any atom is 0.307 e. The minimum atomic E-state index is -0.771. The summed E-state index contributed by atoms with van der Waals surface area (Å²) in [6.45, 7) is 4.77. The smallest absolute Gasteiger partial charge is 0.307 e. The standard InChI is InChI=1S/C13H16O4S/c1-8(13(14)15)9(2)18-10-3-4-11-12(7-10)17-6-5-16-11/h3-4,7-9H,5-6H2,1-2H3,(H,14,15). The first-order valence-electron chi connectivity index (χ1n) is 5.87. The third kappa shape index (κ3) is 2.90. The van der Waals surface area contributed by atoms with Crippen LogP contribution in [0.1, 0.15) is 13.8 Å². The number of hydrogen-bond acceptors (Lipinski definition) is 4. The lowest BCUT2D eigenvalue weighted by atomic mass is 10.1. The fourth-order valence-corrected chi connectivity index (χ4v) is 2.69. The van der Waals surface area contributed by atoms with E-state index >= 15 is 0 Å². The van der Waals surface area contributed by atoms with Crippen LogP contribution in [0.3, 0.4) is 0 Å². The number of fused-ring (bicyclic) bond motifs is 1. The van der Waals surface area contributed by atoms with E-state index in [4.69, 9.17) is 14.6 Å². The third-order valence-corrected chi connectivity index (χ3v) is 4.24. The van der Waals surface area contributed by atoms with Crippen molar-refractivity contribution in [2.75, 3.05) is 13.2 Å². The monoisotopic (exact) mass is 268 g/mol. The summed E-state index contributed by atoms with van der Waals surface area (Å²) in [6, 6.07) is 5.71. The molecule has 0 aliphatic carbocycles. The summed E-state index contributed by atoms with van der Waals surface area (Å²) in [5.74, 6) is 0.335.